The Bertz CT molecular complexity index is 892. The molecule has 7 nitrogen and oxygen atoms in total. The first-order valence-electron chi connectivity index (χ1n) is 7.93. The minimum Gasteiger partial charge on any atom is -0.481 e. The van der Waals surface area contributed by atoms with Crippen LogP contribution in [-0.2, 0) is 16.0 Å². The molecule has 8 heteroatoms. The summed E-state index contributed by atoms with van der Waals surface area (Å²) < 4.78 is 1.88. The Morgan fingerprint density at radius 3 is 2.96 bits per heavy atom. The summed E-state index contributed by atoms with van der Waals surface area (Å²) in [5, 5.41) is 11.5. The number of carbonyl (C=O) groups excluding carboxylic acids is 1. The first-order valence-corrected chi connectivity index (χ1v) is 8.81. The lowest BCUT2D eigenvalue weighted by Gasteiger charge is -2.15. The first-order chi connectivity index (χ1) is 12.1. The summed E-state index contributed by atoms with van der Waals surface area (Å²) in [5.74, 6) is -1.82. The van der Waals surface area contributed by atoms with Crippen molar-refractivity contribution in [3.63, 3.8) is 0 Å². The maximum atomic E-state index is 12.6. The fraction of sp³-hybridized carbons (Fsp3) is 0.294. The van der Waals surface area contributed by atoms with Crippen molar-refractivity contribution in [2.75, 3.05) is 13.1 Å². The van der Waals surface area contributed by atoms with E-state index in [2.05, 4.69) is 9.97 Å². The number of thiazole rings is 1. The molecule has 0 unspecified atom stereocenters. The van der Waals surface area contributed by atoms with E-state index < -0.39 is 11.9 Å². The number of rotatable bonds is 4. The van der Waals surface area contributed by atoms with E-state index >= 15 is 0 Å². The van der Waals surface area contributed by atoms with Gasteiger partial charge in [-0.2, -0.15) is 0 Å². The molecule has 2 atom stereocenters. The summed E-state index contributed by atoms with van der Waals surface area (Å²) in [6.07, 6.45) is 7.25. The molecular weight excluding hydrogens is 340 g/mol. The van der Waals surface area contributed by atoms with Gasteiger partial charge in [0.15, 0.2) is 4.96 Å². The predicted octanol–water partition coefficient (Wildman–Crippen LogP) is 1.66. The number of hydrogen-bond acceptors (Lipinski definition) is 5. The van der Waals surface area contributed by atoms with Gasteiger partial charge in [-0.15, -0.1) is 11.3 Å². The van der Waals surface area contributed by atoms with Gasteiger partial charge in [-0.25, -0.2) is 4.98 Å². The van der Waals surface area contributed by atoms with E-state index in [1.54, 1.807) is 23.4 Å². The molecular formula is C17H16N4O3S. The number of hydrogen-bond donors (Lipinski definition) is 1. The summed E-state index contributed by atoms with van der Waals surface area (Å²) in [6.45, 7) is 0.611. The van der Waals surface area contributed by atoms with E-state index in [0.29, 0.717) is 12.2 Å². The summed E-state index contributed by atoms with van der Waals surface area (Å²) >= 11 is 1.51. The highest BCUT2D eigenvalue weighted by Gasteiger charge is 2.40. The van der Waals surface area contributed by atoms with Crippen LogP contribution in [0.1, 0.15) is 17.2 Å². The van der Waals surface area contributed by atoms with E-state index in [9.17, 15) is 14.7 Å². The number of pyridine rings is 1. The van der Waals surface area contributed by atoms with Crippen LogP contribution in [0.5, 0.6) is 0 Å². The van der Waals surface area contributed by atoms with Crippen molar-refractivity contribution in [3.05, 3.63) is 53.6 Å². The van der Waals surface area contributed by atoms with Crippen molar-refractivity contribution in [3.8, 4) is 0 Å². The smallest absolute Gasteiger partial charge is 0.308 e. The van der Waals surface area contributed by atoms with Crippen LogP contribution in [0.3, 0.4) is 0 Å². The maximum absolute atomic E-state index is 12.6. The van der Waals surface area contributed by atoms with Crippen LogP contribution in [0, 0.1) is 5.92 Å². The molecule has 1 fully saturated rings. The van der Waals surface area contributed by atoms with E-state index in [1.165, 1.54) is 11.3 Å². The number of amides is 1. The van der Waals surface area contributed by atoms with Gasteiger partial charge in [0, 0.05) is 49.2 Å². The van der Waals surface area contributed by atoms with Crippen LogP contribution in [0.25, 0.3) is 4.96 Å². The number of imidazole rings is 1. The highest BCUT2D eigenvalue weighted by atomic mass is 32.1. The molecule has 0 spiro atoms. The van der Waals surface area contributed by atoms with Crippen molar-refractivity contribution in [1.82, 2.24) is 19.3 Å². The molecule has 0 radical (unpaired) electrons. The fourth-order valence-corrected chi connectivity index (χ4v) is 4.04. The average molecular weight is 356 g/mol. The summed E-state index contributed by atoms with van der Waals surface area (Å²) in [7, 11) is 0. The summed E-state index contributed by atoms with van der Waals surface area (Å²) in [5.41, 5.74) is 1.56. The van der Waals surface area contributed by atoms with E-state index in [0.717, 1.165) is 10.5 Å². The lowest BCUT2D eigenvalue weighted by molar-refractivity contribution is -0.141. The van der Waals surface area contributed by atoms with Crippen LogP contribution in [0.15, 0.2) is 42.3 Å². The van der Waals surface area contributed by atoms with Crippen LogP contribution >= 0.6 is 11.3 Å². The largest absolute Gasteiger partial charge is 0.481 e. The molecule has 3 aromatic rings. The van der Waals surface area contributed by atoms with Gasteiger partial charge in [-0.05, 0) is 11.6 Å². The number of carbonyl (C=O) groups is 2. The second-order valence-electron chi connectivity index (χ2n) is 6.14. The Morgan fingerprint density at radius 1 is 1.36 bits per heavy atom. The molecule has 4 heterocycles. The molecule has 0 aliphatic carbocycles. The number of likely N-dealkylation sites (tertiary alicyclic amines) is 1. The topological polar surface area (TPSA) is 87.8 Å². The standard InChI is InChI=1S/C17H16N4O3S/c22-15(6-12-8-20-4-5-25-17(20)19-12)21-9-13(14(10-21)16(23)24)11-2-1-3-18-7-11/h1-5,7-8,13-14H,6,9-10H2,(H,23,24)/t13-,14+/m0/s1. The van der Waals surface area contributed by atoms with Crippen molar-refractivity contribution < 1.29 is 14.7 Å². The SMILES string of the molecule is O=C(O)[C@@H]1CN(C(=O)Cc2cn3ccsc3n2)C[C@H]1c1cccnc1. The minimum atomic E-state index is -0.883. The third-order valence-corrected chi connectivity index (χ3v) is 5.35. The number of aliphatic carboxylic acids is 1. The van der Waals surface area contributed by atoms with Gasteiger partial charge in [0.25, 0.3) is 0 Å². The van der Waals surface area contributed by atoms with Crippen molar-refractivity contribution in [1.29, 1.82) is 0 Å². The molecule has 0 saturated carbocycles. The zero-order valence-electron chi connectivity index (χ0n) is 13.3. The molecule has 0 aromatic carbocycles. The van der Waals surface area contributed by atoms with Crippen LogP contribution in [-0.4, -0.2) is 49.3 Å². The van der Waals surface area contributed by atoms with Crippen molar-refractivity contribution in [2.24, 2.45) is 5.92 Å². The third kappa shape index (κ3) is 3.00. The maximum Gasteiger partial charge on any atom is 0.308 e. The van der Waals surface area contributed by atoms with Gasteiger partial charge in [-0.1, -0.05) is 6.07 Å². The van der Waals surface area contributed by atoms with Gasteiger partial charge >= 0.3 is 5.97 Å². The zero-order chi connectivity index (χ0) is 17.4. The van der Waals surface area contributed by atoms with Gasteiger partial charge < -0.3 is 10.0 Å². The predicted molar refractivity (Wildman–Crippen MR) is 91.5 cm³/mol. The number of aromatic nitrogens is 3. The van der Waals surface area contributed by atoms with Crippen LogP contribution < -0.4 is 0 Å². The minimum absolute atomic E-state index is 0.0941. The summed E-state index contributed by atoms with van der Waals surface area (Å²) in [6, 6.07) is 3.65. The zero-order valence-corrected chi connectivity index (χ0v) is 14.1. The quantitative estimate of drug-likeness (QED) is 0.768. The Morgan fingerprint density at radius 2 is 2.24 bits per heavy atom. The first kappa shape index (κ1) is 15.8. The number of carboxylic acids is 1. The van der Waals surface area contributed by atoms with Crippen LogP contribution in [0.2, 0.25) is 0 Å². The van der Waals surface area contributed by atoms with Gasteiger partial charge in [0.2, 0.25) is 5.91 Å². The fourth-order valence-electron chi connectivity index (χ4n) is 3.32. The second-order valence-corrected chi connectivity index (χ2v) is 7.01. The molecule has 128 valence electrons. The average Bonchev–Trinajstić information content (AvgIpc) is 3.29. The van der Waals surface area contributed by atoms with Crippen LogP contribution in [0.4, 0.5) is 0 Å². The van der Waals surface area contributed by atoms with E-state index in [1.807, 2.05) is 28.2 Å². The number of fused-ring (bicyclic) bond motifs is 1. The molecule has 3 aromatic heterocycles. The molecule has 1 saturated heterocycles. The normalized spacial score (nSPS) is 20.2. The number of carboxylic acid groups (broad SMARTS) is 1. The Labute approximate surface area is 147 Å². The molecule has 1 N–H and O–H groups in total. The molecule has 0 bridgehead atoms. The third-order valence-electron chi connectivity index (χ3n) is 4.58. The highest BCUT2D eigenvalue weighted by molar-refractivity contribution is 7.15. The molecule has 25 heavy (non-hydrogen) atoms. The highest BCUT2D eigenvalue weighted by Crippen LogP contribution is 2.32. The lowest BCUT2D eigenvalue weighted by atomic mass is 9.90. The Balaban J connectivity index is 1.51. The van der Waals surface area contributed by atoms with Gasteiger partial charge in [0.05, 0.1) is 18.0 Å². The van der Waals surface area contributed by atoms with E-state index in [-0.39, 0.29) is 24.8 Å². The van der Waals surface area contributed by atoms with Crippen molar-refractivity contribution >= 4 is 28.2 Å². The molecule has 4 rings (SSSR count). The monoisotopic (exact) mass is 356 g/mol. The summed E-state index contributed by atoms with van der Waals surface area (Å²) in [4.78, 5) is 35.2. The number of nitrogens with zero attached hydrogens (tertiary/aromatic N) is 4. The Kier molecular flexibility index (Phi) is 3.96. The molecule has 1 aliphatic rings. The Hall–Kier alpha value is -2.74. The van der Waals surface area contributed by atoms with Gasteiger partial charge in [0.1, 0.15) is 0 Å². The van der Waals surface area contributed by atoms with E-state index in [4.69, 9.17) is 0 Å². The van der Waals surface area contributed by atoms with Gasteiger partial charge in [-0.3, -0.25) is 19.0 Å². The van der Waals surface area contributed by atoms with Crippen molar-refractivity contribution in [2.45, 2.75) is 12.3 Å². The molecule has 1 amide bonds. The second kappa shape index (κ2) is 6.29. The molecule has 1 aliphatic heterocycles. The lowest BCUT2D eigenvalue weighted by Crippen LogP contribution is -2.31.